The Labute approximate surface area is 101 Å². The second-order valence-corrected chi connectivity index (χ2v) is 4.76. The van der Waals surface area contributed by atoms with E-state index in [-0.39, 0.29) is 12.5 Å². The average Bonchev–Trinajstić information content (AvgIpc) is 2.14. The fourth-order valence-electron chi connectivity index (χ4n) is 1.95. The van der Waals surface area contributed by atoms with Crippen molar-refractivity contribution in [2.24, 2.45) is 5.41 Å². The molecule has 1 saturated heterocycles. The number of rotatable bonds is 3. The molecule has 1 amide bonds. The number of carbonyl (C=O) groups excluding carboxylic acids is 1. The summed E-state index contributed by atoms with van der Waals surface area (Å²) in [5.41, 5.74) is 2.22. The molecule has 1 aromatic carbocycles. The summed E-state index contributed by atoms with van der Waals surface area (Å²) in [6.45, 7) is 4.37. The molecule has 17 heavy (non-hydrogen) atoms. The van der Waals surface area contributed by atoms with Gasteiger partial charge in [0, 0.05) is 5.69 Å². The third-order valence-electron chi connectivity index (χ3n) is 3.02. The van der Waals surface area contributed by atoms with Crippen LogP contribution in [0.15, 0.2) is 18.2 Å². The largest absolute Gasteiger partial charge is 0.395 e. The molecule has 0 radical (unpaired) electrons. The quantitative estimate of drug-likeness (QED) is 0.829. The number of carbonyl (C=O) groups is 1. The van der Waals surface area contributed by atoms with E-state index in [2.05, 4.69) is 5.32 Å². The van der Waals surface area contributed by atoms with Crippen LogP contribution in [0.25, 0.3) is 0 Å². The molecule has 1 heterocycles. The zero-order valence-electron chi connectivity index (χ0n) is 10.1. The first-order chi connectivity index (χ1) is 8.05. The van der Waals surface area contributed by atoms with Crippen molar-refractivity contribution in [1.29, 1.82) is 0 Å². The molecule has 0 bridgehead atoms. The molecule has 1 aromatic rings. The molecular formula is C13H17NO3. The van der Waals surface area contributed by atoms with Gasteiger partial charge in [-0.1, -0.05) is 6.07 Å². The zero-order valence-corrected chi connectivity index (χ0v) is 10.1. The van der Waals surface area contributed by atoms with Gasteiger partial charge in [0.05, 0.1) is 19.8 Å². The number of hydrogen-bond acceptors (Lipinski definition) is 3. The fourth-order valence-corrected chi connectivity index (χ4v) is 1.95. The van der Waals surface area contributed by atoms with Crippen LogP contribution < -0.4 is 5.32 Å². The molecule has 0 unspecified atom stereocenters. The number of aliphatic hydroxyl groups excluding tert-OH is 1. The monoisotopic (exact) mass is 235 g/mol. The lowest BCUT2D eigenvalue weighted by Gasteiger charge is -2.38. The number of amides is 1. The molecule has 1 fully saturated rings. The zero-order chi connectivity index (χ0) is 12.5. The number of ether oxygens (including phenoxy) is 1. The van der Waals surface area contributed by atoms with Crippen molar-refractivity contribution < 1.29 is 14.6 Å². The first-order valence-corrected chi connectivity index (χ1v) is 5.64. The van der Waals surface area contributed by atoms with Crippen molar-refractivity contribution in [2.45, 2.75) is 13.8 Å². The number of benzene rings is 1. The summed E-state index contributed by atoms with van der Waals surface area (Å²) in [5, 5.41) is 12.1. The minimum absolute atomic E-state index is 0.170. The normalized spacial score (nSPS) is 17.4. The summed E-state index contributed by atoms with van der Waals surface area (Å²) in [6, 6.07) is 5.87. The maximum atomic E-state index is 12.0. The first-order valence-electron chi connectivity index (χ1n) is 5.64. The average molecular weight is 235 g/mol. The number of aryl methyl sites for hydroxylation is 2. The van der Waals surface area contributed by atoms with E-state index in [0.717, 1.165) is 16.8 Å². The summed E-state index contributed by atoms with van der Waals surface area (Å²) < 4.78 is 5.01. The van der Waals surface area contributed by atoms with Crippen LogP contribution in [0.4, 0.5) is 5.69 Å². The first kappa shape index (κ1) is 12.1. The molecular weight excluding hydrogens is 218 g/mol. The van der Waals surface area contributed by atoms with E-state index in [1.54, 1.807) is 0 Å². The van der Waals surface area contributed by atoms with Gasteiger partial charge < -0.3 is 15.2 Å². The molecule has 4 nitrogen and oxygen atoms in total. The smallest absolute Gasteiger partial charge is 0.237 e. The molecule has 2 N–H and O–H groups in total. The number of nitrogens with one attached hydrogen (secondary N) is 1. The Bertz CT molecular complexity index is 413. The van der Waals surface area contributed by atoms with Gasteiger partial charge in [0.15, 0.2) is 0 Å². The van der Waals surface area contributed by atoms with Crippen LogP contribution in [-0.2, 0) is 9.53 Å². The van der Waals surface area contributed by atoms with E-state index >= 15 is 0 Å². The number of hydrogen-bond donors (Lipinski definition) is 2. The van der Waals surface area contributed by atoms with Crippen LogP contribution in [0, 0.1) is 19.3 Å². The van der Waals surface area contributed by atoms with Crippen molar-refractivity contribution in [2.75, 3.05) is 25.1 Å². The van der Waals surface area contributed by atoms with E-state index in [1.165, 1.54) is 0 Å². The van der Waals surface area contributed by atoms with E-state index in [0.29, 0.717) is 13.2 Å². The van der Waals surface area contributed by atoms with Crippen molar-refractivity contribution in [1.82, 2.24) is 0 Å². The highest BCUT2D eigenvalue weighted by molar-refractivity contribution is 5.96. The molecule has 0 atom stereocenters. The third kappa shape index (κ3) is 2.33. The summed E-state index contributed by atoms with van der Waals surface area (Å²) in [7, 11) is 0. The van der Waals surface area contributed by atoms with Gasteiger partial charge >= 0.3 is 0 Å². The van der Waals surface area contributed by atoms with Crippen LogP contribution in [-0.4, -0.2) is 30.8 Å². The maximum absolute atomic E-state index is 12.0. The lowest BCUT2D eigenvalue weighted by atomic mass is 9.86. The van der Waals surface area contributed by atoms with Gasteiger partial charge in [-0.3, -0.25) is 4.79 Å². The van der Waals surface area contributed by atoms with Gasteiger partial charge in [0.2, 0.25) is 5.91 Å². The van der Waals surface area contributed by atoms with Crippen LogP contribution in [0.5, 0.6) is 0 Å². The molecule has 92 valence electrons. The predicted octanol–water partition coefficient (Wildman–Crippen LogP) is 1.25. The summed E-state index contributed by atoms with van der Waals surface area (Å²) in [5.74, 6) is -0.170. The SMILES string of the molecule is Cc1cc(C)cc(NC(=O)C2(CO)COC2)c1. The molecule has 1 aliphatic heterocycles. The Balaban J connectivity index is 2.12. The van der Waals surface area contributed by atoms with Crippen LogP contribution in [0.3, 0.4) is 0 Å². The lowest BCUT2D eigenvalue weighted by molar-refractivity contribution is -0.164. The molecule has 0 saturated carbocycles. The molecule has 2 rings (SSSR count). The topological polar surface area (TPSA) is 58.6 Å². The van der Waals surface area contributed by atoms with Crippen LogP contribution in [0.1, 0.15) is 11.1 Å². The van der Waals surface area contributed by atoms with Gasteiger partial charge in [0.1, 0.15) is 5.41 Å². The summed E-state index contributed by atoms with van der Waals surface area (Å²) in [4.78, 5) is 12.0. The van der Waals surface area contributed by atoms with Gasteiger partial charge in [-0.2, -0.15) is 0 Å². The predicted molar refractivity (Wildman–Crippen MR) is 64.9 cm³/mol. The Morgan fingerprint density at radius 2 is 1.94 bits per heavy atom. The highest BCUT2D eigenvalue weighted by Crippen LogP contribution is 2.28. The fraction of sp³-hybridized carbons (Fsp3) is 0.462. The van der Waals surface area contributed by atoms with E-state index < -0.39 is 5.41 Å². The third-order valence-corrected chi connectivity index (χ3v) is 3.02. The number of anilines is 1. The van der Waals surface area contributed by atoms with E-state index in [9.17, 15) is 9.90 Å². The van der Waals surface area contributed by atoms with E-state index in [4.69, 9.17) is 4.74 Å². The Hall–Kier alpha value is -1.39. The highest BCUT2D eigenvalue weighted by atomic mass is 16.5. The Morgan fingerprint density at radius 3 is 2.35 bits per heavy atom. The molecule has 1 aliphatic rings. The van der Waals surface area contributed by atoms with Gasteiger partial charge in [-0.25, -0.2) is 0 Å². The van der Waals surface area contributed by atoms with Crippen molar-refractivity contribution in [3.63, 3.8) is 0 Å². The highest BCUT2D eigenvalue weighted by Gasteiger charge is 2.45. The van der Waals surface area contributed by atoms with E-state index in [1.807, 2.05) is 32.0 Å². The van der Waals surface area contributed by atoms with Crippen LogP contribution >= 0.6 is 0 Å². The van der Waals surface area contributed by atoms with Crippen molar-refractivity contribution in [3.8, 4) is 0 Å². The lowest BCUT2D eigenvalue weighted by Crippen LogP contribution is -2.54. The van der Waals surface area contributed by atoms with Gasteiger partial charge in [-0.05, 0) is 37.1 Å². The standard InChI is InChI=1S/C13H17NO3/c1-9-3-10(2)5-11(4-9)14-12(16)13(6-15)7-17-8-13/h3-5,15H,6-8H2,1-2H3,(H,14,16). The Morgan fingerprint density at radius 1 is 1.35 bits per heavy atom. The molecule has 0 aliphatic carbocycles. The molecule has 4 heteroatoms. The Kier molecular flexibility index (Phi) is 3.17. The second-order valence-electron chi connectivity index (χ2n) is 4.76. The van der Waals surface area contributed by atoms with Gasteiger partial charge in [-0.15, -0.1) is 0 Å². The second kappa shape index (κ2) is 4.47. The van der Waals surface area contributed by atoms with Crippen LogP contribution in [0.2, 0.25) is 0 Å². The van der Waals surface area contributed by atoms with Gasteiger partial charge in [0.25, 0.3) is 0 Å². The molecule has 0 spiro atoms. The summed E-state index contributed by atoms with van der Waals surface area (Å²) >= 11 is 0. The summed E-state index contributed by atoms with van der Waals surface area (Å²) in [6.07, 6.45) is 0. The molecule has 0 aromatic heterocycles. The number of aliphatic hydroxyl groups is 1. The minimum Gasteiger partial charge on any atom is -0.395 e. The minimum atomic E-state index is -0.752. The van der Waals surface area contributed by atoms with Crippen molar-refractivity contribution >= 4 is 11.6 Å². The maximum Gasteiger partial charge on any atom is 0.237 e. The van der Waals surface area contributed by atoms with Crippen molar-refractivity contribution in [3.05, 3.63) is 29.3 Å².